The number of nitrogens with zero attached hydrogens (tertiary/aromatic N) is 4. The van der Waals surface area contributed by atoms with E-state index in [0.717, 1.165) is 17.0 Å². The highest BCUT2D eigenvalue weighted by atomic mass is 32.2. The minimum atomic E-state index is -0.540. The zero-order valence-electron chi connectivity index (χ0n) is 15.5. The summed E-state index contributed by atoms with van der Waals surface area (Å²) in [6.07, 6.45) is 0.475. The van der Waals surface area contributed by atoms with E-state index in [0.29, 0.717) is 17.4 Å². The fourth-order valence-corrected chi connectivity index (χ4v) is 3.60. The number of carbonyl (C=O) groups excluding carboxylic acids is 2. The first kappa shape index (κ1) is 19.0. The van der Waals surface area contributed by atoms with Crippen LogP contribution in [0.5, 0.6) is 0 Å². The molecule has 0 saturated heterocycles. The van der Waals surface area contributed by atoms with Crippen molar-refractivity contribution in [3.05, 3.63) is 53.3 Å². The lowest BCUT2D eigenvalue weighted by Crippen LogP contribution is -2.42. The van der Waals surface area contributed by atoms with Crippen LogP contribution in [0.4, 0.5) is 0 Å². The van der Waals surface area contributed by atoms with Crippen LogP contribution in [0, 0.1) is 13.8 Å². The van der Waals surface area contributed by atoms with Gasteiger partial charge in [0.25, 0.3) is 5.78 Å². The van der Waals surface area contributed by atoms with E-state index in [4.69, 9.17) is 0 Å². The fraction of sp³-hybridized carbons (Fsp3) is 0.316. The molecular formula is C19H21N5O2S. The Morgan fingerprint density at radius 3 is 2.63 bits per heavy atom. The molecule has 1 atom stereocenters. The summed E-state index contributed by atoms with van der Waals surface area (Å²) in [6, 6.07) is 11.0. The van der Waals surface area contributed by atoms with Gasteiger partial charge in [-0.25, -0.2) is 4.98 Å². The fourth-order valence-electron chi connectivity index (χ4n) is 2.81. The molecule has 0 fully saturated rings. The Balaban J connectivity index is 1.64. The first-order valence-electron chi connectivity index (χ1n) is 8.60. The molecule has 140 valence electrons. The number of aromatic nitrogens is 4. The van der Waals surface area contributed by atoms with E-state index in [-0.39, 0.29) is 17.4 Å². The molecule has 27 heavy (non-hydrogen) atoms. The summed E-state index contributed by atoms with van der Waals surface area (Å²) in [6.45, 7) is 5.34. The molecule has 1 amide bonds. The minimum absolute atomic E-state index is 0.0688. The smallest absolute Gasteiger partial charge is 0.256 e. The molecule has 7 nitrogen and oxygen atoms in total. The van der Waals surface area contributed by atoms with Crippen molar-refractivity contribution in [3.63, 3.8) is 0 Å². The predicted octanol–water partition coefficient (Wildman–Crippen LogP) is 2.15. The van der Waals surface area contributed by atoms with Gasteiger partial charge < -0.3 is 5.32 Å². The maximum absolute atomic E-state index is 12.4. The highest BCUT2D eigenvalue weighted by Crippen LogP contribution is 2.18. The van der Waals surface area contributed by atoms with E-state index in [1.165, 1.54) is 18.7 Å². The third kappa shape index (κ3) is 4.71. The van der Waals surface area contributed by atoms with Crippen LogP contribution in [0.25, 0.3) is 5.78 Å². The summed E-state index contributed by atoms with van der Waals surface area (Å²) in [5, 5.41) is 11.6. The molecule has 0 spiro atoms. The quantitative estimate of drug-likeness (QED) is 0.629. The molecule has 0 aliphatic heterocycles. The van der Waals surface area contributed by atoms with Crippen molar-refractivity contribution in [3.8, 4) is 0 Å². The molecule has 3 aromatic rings. The molecular weight excluding hydrogens is 362 g/mol. The van der Waals surface area contributed by atoms with Crippen LogP contribution in [-0.2, 0) is 16.0 Å². The molecule has 0 radical (unpaired) electrons. The van der Waals surface area contributed by atoms with Crippen molar-refractivity contribution in [1.82, 2.24) is 24.9 Å². The summed E-state index contributed by atoms with van der Waals surface area (Å²) in [4.78, 5) is 28.6. The average Bonchev–Trinajstić information content (AvgIpc) is 3.03. The van der Waals surface area contributed by atoms with E-state index in [9.17, 15) is 9.59 Å². The van der Waals surface area contributed by atoms with Gasteiger partial charge in [-0.2, -0.15) is 0 Å². The first-order chi connectivity index (χ1) is 12.9. The monoisotopic (exact) mass is 383 g/mol. The highest BCUT2D eigenvalue weighted by Gasteiger charge is 2.19. The average molecular weight is 383 g/mol. The zero-order valence-corrected chi connectivity index (χ0v) is 16.3. The standard InChI is InChI=1S/C19H21N5O2S/c1-12-9-13(2)24-18(20-12)22-23-19(24)27-11-17(26)21-16(14(3)25)10-15-7-5-4-6-8-15/h4-9,16H,10-11H2,1-3H3,(H,21,26)/t16-/m1/s1. The van der Waals surface area contributed by atoms with E-state index < -0.39 is 6.04 Å². The van der Waals surface area contributed by atoms with Crippen molar-refractivity contribution in [2.24, 2.45) is 0 Å². The highest BCUT2D eigenvalue weighted by molar-refractivity contribution is 7.99. The predicted molar refractivity (Wildman–Crippen MR) is 104 cm³/mol. The maximum atomic E-state index is 12.4. The van der Waals surface area contributed by atoms with Crippen molar-refractivity contribution in [2.45, 2.75) is 38.4 Å². The third-order valence-corrected chi connectivity index (χ3v) is 5.03. The van der Waals surface area contributed by atoms with Crippen LogP contribution in [0.15, 0.2) is 41.6 Å². The number of benzene rings is 1. The topological polar surface area (TPSA) is 89.2 Å². The lowest BCUT2D eigenvalue weighted by Gasteiger charge is -2.16. The van der Waals surface area contributed by atoms with Crippen molar-refractivity contribution >= 4 is 29.2 Å². The molecule has 0 bridgehead atoms. The lowest BCUT2D eigenvalue weighted by molar-refractivity contribution is -0.125. The number of Topliss-reactive ketones (excluding diaryl/α,β-unsaturated/α-hetero) is 1. The minimum Gasteiger partial charge on any atom is -0.345 e. The number of fused-ring (bicyclic) bond motifs is 1. The summed E-state index contributed by atoms with van der Waals surface area (Å²) < 4.78 is 1.82. The number of aryl methyl sites for hydroxylation is 2. The van der Waals surface area contributed by atoms with E-state index >= 15 is 0 Å². The largest absolute Gasteiger partial charge is 0.345 e. The van der Waals surface area contributed by atoms with E-state index in [1.54, 1.807) is 0 Å². The van der Waals surface area contributed by atoms with Crippen LogP contribution in [0.2, 0.25) is 0 Å². The Morgan fingerprint density at radius 1 is 1.19 bits per heavy atom. The van der Waals surface area contributed by atoms with Crippen molar-refractivity contribution in [2.75, 3.05) is 5.75 Å². The molecule has 8 heteroatoms. The molecule has 0 saturated carbocycles. The second-order valence-electron chi connectivity index (χ2n) is 6.37. The summed E-state index contributed by atoms with van der Waals surface area (Å²) in [5.74, 6) is 0.375. The van der Waals surface area contributed by atoms with Gasteiger partial charge in [-0.3, -0.25) is 14.0 Å². The van der Waals surface area contributed by atoms with Gasteiger partial charge in [0.05, 0.1) is 11.8 Å². The number of nitrogens with one attached hydrogen (secondary N) is 1. The van der Waals surface area contributed by atoms with Crippen LogP contribution < -0.4 is 5.32 Å². The molecule has 3 rings (SSSR count). The number of ketones is 1. The molecule has 1 N–H and O–H groups in total. The van der Waals surface area contributed by atoms with Gasteiger partial charge in [0.2, 0.25) is 5.91 Å². The normalized spacial score (nSPS) is 12.1. The van der Waals surface area contributed by atoms with Gasteiger partial charge >= 0.3 is 0 Å². The number of hydrogen-bond donors (Lipinski definition) is 1. The zero-order chi connectivity index (χ0) is 19.4. The Hall–Kier alpha value is -2.74. The molecule has 0 aliphatic rings. The summed E-state index contributed by atoms with van der Waals surface area (Å²) in [7, 11) is 0. The van der Waals surface area contributed by atoms with Gasteiger partial charge in [0.1, 0.15) is 0 Å². The van der Waals surface area contributed by atoms with Crippen LogP contribution in [0.3, 0.4) is 0 Å². The molecule has 1 aromatic carbocycles. The first-order valence-corrected chi connectivity index (χ1v) is 9.58. The summed E-state index contributed by atoms with van der Waals surface area (Å²) >= 11 is 1.27. The van der Waals surface area contributed by atoms with E-state index in [2.05, 4.69) is 20.5 Å². The van der Waals surface area contributed by atoms with Gasteiger partial charge in [-0.1, -0.05) is 42.1 Å². The number of carbonyl (C=O) groups is 2. The van der Waals surface area contributed by atoms with Gasteiger partial charge in [0, 0.05) is 11.4 Å². The lowest BCUT2D eigenvalue weighted by atomic mass is 10.0. The molecule has 0 unspecified atom stereocenters. The molecule has 2 aromatic heterocycles. The summed E-state index contributed by atoms with van der Waals surface area (Å²) in [5.41, 5.74) is 2.83. The maximum Gasteiger partial charge on any atom is 0.256 e. The molecule has 2 heterocycles. The van der Waals surface area contributed by atoms with Crippen LogP contribution >= 0.6 is 11.8 Å². The number of thioether (sulfide) groups is 1. The third-order valence-electron chi connectivity index (χ3n) is 4.10. The Labute approximate surface area is 161 Å². The number of amides is 1. The van der Waals surface area contributed by atoms with Gasteiger partial charge in [-0.15, -0.1) is 10.2 Å². The van der Waals surface area contributed by atoms with Crippen molar-refractivity contribution < 1.29 is 9.59 Å². The van der Waals surface area contributed by atoms with Gasteiger partial charge in [0.15, 0.2) is 10.9 Å². The Bertz CT molecular complexity index is 971. The second-order valence-corrected chi connectivity index (χ2v) is 7.31. The number of rotatable bonds is 7. The van der Waals surface area contributed by atoms with E-state index in [1.807, 2.05) is 54.6 Å². The molecule has 0 aliphatic carbocycles. The Kier molecular flexibility index (Phi) is 5.85. The van der Waals surface area contributed by atoms with Crippen LogP contribution in [0.1, 0.15) is 23.9 Å². The van der Waals surface area contributed by atoms with Crippen LogP contribution in [-0.4, -0.2) is 43.1 Å². The Morgan fingerprint density at radius 2 is 1.93 bits per heavy atom. The SMILES string of the molecule is CC(=O)[C@@H](Cc1ccccc1)NC(=O)CSc1nnc2nc(C)cc(C)n12. The number of hydrogen-bond acceptors (Lipinski definition) is 6. The second kappa shape index (κ2) is 8.30. The van der Waals surface area contributed by atoms with Crippen molar-refractivity contribution in [1.29, 1.82) is 0 Å². The van der Waals surface area contributed by atoms with Gasteiger partial charge in [-0.05, 0) is 38.8 Å².